The molecule has 2 aromatic rings. The smallest absolute Gasteiger partial charge is 0.222 e. The number of aliphatic imine (C=N–C) groups is 1. The van der Waals surface area contributed by atoms with E-state index in [-0.39, 0.29) is 5.78 Å². The predicted octanol–water partition coefficient (Wildman–Crippen LogP) is 5.72. The van der Waals surface area contributed by atoms with Crippen molar-refractivity contribution in [2.24, 2.45) is 4.99 Å². The van der Waals surface area contributed by atoms with Crippen molar-refractivity contribution >= 4 is 17.4 Å². The van der Waals surface area contributed by atoms with Gasteiger partial charge in [-0.25, -0.2) is 4.99 Å². The summed E-state index contributed by atoms with van der Waals surface area (Å²) in [6.45, 7) is 5.89. The summed E-state index contributed by atoms with van der Waals surface area (Å²) >= 11 is 0. The third kappa shape index (κ3) is 4.04. The molecular formula is C23H27NO2. The van der Waals surface area contributed by atoms with E-state index >= 15 is 0 Å². The van der Waals surface area contributed by atoms with Gasteiger partial charge in [-0.3, -0.25) is 0 Å². The van der Waals surface area contributed by atoms with Gasteiger partial charge in [0.25, 0.3) is 0 Å². The normalized spacial score (nSPS) is 18.7. The van der Waals surface area contributed by atoms with E-state index in [1.807, 2.05) is 24.3 Å². The van der Waals surface area contributed by atoms with Crippen molar-refractivity contribution in [1.82, 2.24) is 0 Å². The number of ether oxygens (including phenoxy) is 1. The van der Waals surface area contributed by atoms with Crippen molar-refractivity contribution < 1.29 is 9.53 Å². The van der Waals surface area contributed by atoms with Crippen LogP contribution in [0.25, 0.3) is 0 Å². The number of rotatable bonds is 7. The second-order valence-electron chi connectivity index (χ2n) is 7.27. The van der Waals surface area contributed by atoms with Crippen molar-refractivity contribution in [2.45, 2.75) is 58.5 Å². The van der Waals surface area contributed by atoms with E-state index in [1.165, 1.54) is 18.4 Å². The molecule has 0 fully saturated rings. The molecule has 1 aliphatic heterocycles. The van der Waals surface area contributed by atoms with Gasteiger partial charge in [-0.15, -0.1) is 0 Å². The lowest BCUT2D eigenvalue weighted by Crippen LogP contribution is -2.33. The fourth-order valence-electron chi connectivity index (χ4n) is 3.34. The van der Waals surface area contributed by atoms with E-state index in [0.717, 1.165) is 23.2 Å². The lowest BCUT2D eigenvalue weighted by Gasteiger charge is -2.35. The molecule has 0 aromatic heterocycles. The summed E-state index contributed by atoms with van der Waals surface area (Å²) in [4.78, 5) is 16.3. The van der Waals surface area contributed by atoms with E-state index in [2.05, 4.69) is 38.1 Å². The first-order valence-corrected chi connectivity index (χ1v) is 9.48. The van der Waals surface area contributed by atoms with Crippen LogP contribution in [0.15, 0.2) is 53.5 Å². The minimum atomic E-state index is -0.541. The predicted molar refractivity (Wildman–Crippen MR) is 106 cm³/mol. The van der Waals surface area contributed by atoms with Gasteiger partial charge in [-0.1, -0.05) is 43.7 Å². The minimum Gasteiger partial charge on any atom is -0.466 e. The summed E-state index contributed by atoms with van der Waals surface area (Å²) in [5.41, 5.74) is 3.75. The van der Waals surface area contributed by atoms with Gasteiger partial charge >= 0.3 is 0 Å². The fraction of sp³-hybridized carbons (Fsp3) is 0.391. The lowest BCUT2D eigenvalue weighted by atomic mass is 9.87. The Morgan fingerprint density at radius 3 is 2.54 bits per heavy atom. The molecule has 3 rings (SSSR count). The topological polar surface area (TPSA) is 38.7 Å². The molecule has 136 valence electrons. The van der Waals surface area contributed by atoms with Crippen molar-refractivity contribution in [3.05, 3.63) is 65.2 Å². The van der Waals surface area contributed by atoms with E-state index < -0.39 is 5.60 Å². The zero-order valence-corrected chi connectivity index (χ0v) is 15.9. The number of nitrogens with zero attached hydrogens (tertiary/aromatic N) is 1. The molecule has 0 aliphatic carbocycles. The van der Waals surface area contributed by atoms with Crippen molar-refractivity contribution in [1.29, 1.82) is 0 Å². The van der Waals surface area contributed by atoms with E-state index in [1.54, 1.807) is 6.92 Å². The molecule has 1 heterocycles. The zero-order chi connectivity index (χ0) is 18.6. The maximum absolute atomic E-state index is 11.5. The second-order valence-corrected chi connectivity index (χ2v) is 7.27. The Bertz CT molecular complexity index is 807. The molecule has 3 nitrogen and oxygen atoms in total. The van der Waals surface area contributed by atoms with Crippen LogP contribution in [0.3, 0.4) is 0 Å². The fourth-order valence-corrected chi connectivity index (χ4v) is 3.34. The number of benzene rings is 2. The average molecular weight is 349 g/mol. The highest BCUT2D eigenvalue weighted by atomic mass is 16.5. The molecule has 1 unspecified atom stereocenters. The molecule has 26 heavy (non-hydrogen) atoms. The number of carbonyl (C=O) groups is 1. The van der Waals surface area contributed by atoms with E-state index in [4.69, 9.17) is 9.73 Å². The molecular weight excluding hydrogens is 322 g/mol. The minimum absolute atomic E-state index is 0.177. The van der Waals surface area contributed by atoms with Gasteiger partial charge in [-0.2, -0.15) is 0 Å². The van der Waals surface area contributed by atoms with Crippen LogP contribution in [0.5, 0.6) is 0 Å². The summed E-state index contributed by atoms with van der Waals surface area (Å²) in [6, 6.07) is 16.5. The van der Waals surface area contributed by atoms with Crippen LogP contribution in [-0.2, 0) is 21.6 Å². The van der Waals surface area contributed by atoms with Crippen molar-refractivity contribution in [2.75, 3.05) is 0 Å². The number of unbranched alkanes of at least 4 members (excludes halogenated alkanes) is 1. The third-order valence-corrected chi connectivity index (χ3v) is 4.99. The number of Topliss-reactive ketones (excluding diaryl/α,β-unsaturated/α-hetero) is 1. The molecule has 0 amide bonds. The largest absolute Gasteiger partial charge is 0.466 e. The summed E-state index contributed by atoms with van der Waals surface area (Å²) in [5, 5.41) is 0. The first-order chi connectivity index (χ1) is 12.5. The maximum atomic E-state index is 11.5. The quantitative estimate of drug-likeness (QED) is 0.641. The monoisotopic (exact) mass is 349 g/mol. The van der Waals surface area contributed by atoms with Gasteiger partial charge < -0.3 is 9.53 Å². The standard InChI is InChI=1S/C23H27NO2/c1-4-5-8-18-11-13-19(14-12-18)22-24-21-10-7-6-9-20(21)23(3,26-22)16-15-17(2)25/h6-7,9-14H,4-5,8,15-16H2,1-3H3. The maximum Gasteiger partial charge on any atom is 0.222 e. The number of para-hydroxylation sites is 1. The van der Waals surface area contributed by atoms with Gasteiger partial charge in [0.05, 0.1) is 5.69 Å². The number of aryl methyl sites for hydroxylation is 1. The molecule has 2 aromatic carbocycles. The number of hydrogen-bond acceptors (Lipinski definition) is 3. The summed E-state index contributed by atoms with van der Waals surface area (Å²) < 4.78 is 6.36. The first kappa shape index (κ1) is 18.4. The van der Waals surface area contributed by atoms with E-state index in [0.29, 0.717) is 18.7 Å². The van der Waals surface area contributed by atoms with Gasteiger partial charge in [0, 0.05) is 17.5 Å². The van der Waals surface area contributed by atoms with Crippen molar-refractivity contribution in [3.8, 4) is 0 Å². The van der Waals surface area contributed by atoms with Crippen LogP contribution < -0.4 is 0 Å². The molecule has 0 saturated heterocycles. The summed E-state index contributed by atoms with van der Waals surface area (Å²) in [5.74, 6) is 0.813. The van der Waals surface area contributed by atoms with Crippen LogP contribution in [0.4, 0.5) is 5.69 Å². The van der Waals surface area contributed by atoms with Gasteiger partial charge in [-0.05, 0) is 56.9 Å². The highest BCUT2D eigenvalue weighted by Gasteiger charge is 2.36. The summed E-state index contributed by atoms with van der Waals surface area (Å²) in [7, 11) is 0. The Morgan fingerprint density at radius 1 is 1.12 bits per heavy atom. The Hall–Kier alpha value is -2.42. The molecule has 3 heteroatoms. The van der Waals surface area contributed by atoms with Crippen LogP contribution in [0, 0.1) is 0 Å². The molecule has 1 aliphatic rings. The Balaban J connectivity index is 1.91. The van der Waals surface area contributed by atoms with Crippen LogP contribution >= 0.6 is 0 Å². The lowest BCUT2D eigenvalue weighted by molar-refractivity contribution is -0.118. The number of hydrogen-bond donors (Lipinski definition) is 0. The highest BCUT2D eigenvalue weighted by Crippen LogP contribution is 2.41. The van der Waals surface area contributed by atoms with Crippen LogP contribution in [-0.4, -0.2) is 11.7 Å². The molecule has 0 saturated carbocycles. The van der Waals surface area contributed by atoms with Crippen LogP contribution in [0.1, 0.15) is 63.1 Å². The molecule has 0 bridgehead atoms. The molecule has 0 radical (unpaired) electrons. The zero-order valence-electron chi connectivity index (χ0n) is 15.9. The Labute approximate surface area is 156 Å². The number of ketones is 1. The molecule has 1 atom stereocenters. The van der Waals surface area contributed by atoms with Gasteiger partial charge in [0.2, 0.25) is 5.90 Å². The van der Waals surface area contributed by atoms with Gasteiger partial charge in [0.15, 0.2) is 0 Å². The van der Waals surface area contributed by atoms with E-state index in [9.17, 15) is 4.79 Å². The van der Waals surface area contributed by atoms with Gasteiger partial charge in [0.1, 0.15) is 11.4 Å². The molecule has 0 spiro atoms. The second kappa shape index (κ2) is 7.86. The first-order valence-electron chi connectivity index (χ1n) is 9.48. The SMILES string of the molecule is CCCCc1ccc(C2=Nc3ccccc3C(C)(CCC(C)=O)O2)cc1. The number of carbonyl (C=O) groups excluding carboxylic acids is 1. The van der Waals surface area contributed by atoms with Crippen molar-refractivity contribution in [3.63, 3.8) is 0 Å². The Kier molecular flexibility index (Phi) is 5.55. The van der Waals surface area contributed by atoms with Crippen LogP contribution in [0.2, 0.25) is 0 Å². The third-order valence-electron chi connectivity index (χ3n) is 4.99. The number of fused-ring (bicyclic) bond motifs is 1. The Morgan fingerprint density at radius 2 is 1.85 bits per heavy atom. The highest BCUT2D eigenvalue weighted by molar-refractivity contribution is 5.97. The summed E-state index contributed by atoms with van der Waals surface area (Å²) in [6.07, 6.45) is 4.64. The molecule has 0 N–H and O–H groups in total. The average Bonchev–Trinajstić information content (AvgIpc) is 2.65.